The summed E-state index contributed by atoms with van der Waals surface area (Å²) in [7, 11) is 0. The SMILES string of the molecule is CC(=O)N(CCC(=O)Nc1cc(Cl)cc(Cl)c1)CCC(C)C. The summed E-state index contributed by atoms with van der Waals surface area (Å²) in [5.41, 5.74) is 0.555. The second kappa shape index (κ2) is 9.01. The largest absolute Gasteiger partial charge is 0.342 e. The maximum atomic E-state index is 12.0. The van der Waals surface area contributed by atoms with Crippen molar-refractivity contribution in [3.05, 3.63) is 28.2 Å². The van der Waals surface area contributed by atoms with E-state index in [2.05, 4.69) is 19.2 Å². The molecule has 22 heavy (non-hydrogen) atoms. The molecule has 6 heteroatoms. The topological polar surface area (TPSA) is 49.4 Å². The smallest absolute Gasteiger partial charge is 0.226 e. The van der Waals surface area contributed by atoms with Crippen LogP contribution in [0.5, 0.6) is 0 Å². The highest BCUT2D eigenvalue weighted by atomic mass is 35.5. The van der Waals surface area contributed by atoms with Crippen LogP contribution in [0.2, 0.25) is 10.0 Å². The minimum atomic E-state index is -0.172. The first-order chi connectivity index (χ1) is 10.3. The van der Waals surface area contributed by atoms with Gasteiger partial charge >= 0.3 is 0 Å². The normalized spacial score (nSPS) is 10.6. The van der Waals surface area contributed by atoms with Gasteiger partial charge in [0, 0.05) is 42.2 Å². The number of carbonyl (C=O) groups is 2. The zero-order valence-electron chi connectivity index (χ0n) is 13.2. The number of benzene rings is 1. The second-order valence-electron chi connectivity index (χ2n) is 5.64. The van der Waals surface area contributed by atoms with Crippen LogP contribution in [0, 0.1) is 5.92 Å². The second-order valence-corrected chi connectivity index (χ2v) is 6.52. The average Bonchev–Trinajstić information content (AvgIpc) is 2.36. The molecule has 4 nitrogen and oxygen atoms in total. The zero-order chi connectivity index (χ0) is 16.7. The van der Waals surface area contributed by atoms with Crippen LogP contribution < -0.4 is 5.32 Å². The Labute approximate surface area is 141 Å². The lowest BCUT2D eigenvalue weighted by molar-refractivity contribution is -0.129. The van der Waals surface area contributed by atoms with E-state index in [0.29, 0.717) is 34.7 Å². The molecule has 0 aromatic heterocycles. The molecule has 1 aromatic rings. The molecule has 0 fully saturated rings. The van der Waals surface area contributed by atoms with Crippen molar-refractivity contribution in [3.63, 3.8) is 0 Å². The number of amides is 2. The van der Waals surface area contributed by atoms with E-state index in [4.69, 9.17) is 23.2 Å². The Bertz CT molecular complexity index is 513. The monoisotopic (exact) mass is 344 g/mol. The summed E-state index contributed by atoms with van der Waals surface area (Å²) in [6.45, 7) is 6.81. The van der Waals surface area contributed by atoms with E-state index in [1.807, 2.05) is 0 Å². The molecule has 0 aliphatic heterocycles. The third kappa shape index (κ3) is 7.14. The predicted molar refractivity (Wildman–Crippen MR) is 91.4 cm³/mol. The number of rotatable bonds is 7. The van der Waals surface area contributed by atoms with E-state index >= 15 is 0 Å². The van der Waals surface area contributed by atoms with Crippen molar-refractivity contribution < 1.29 is 9.59 Å². The lowest BCUT2D eigenvalue weighted by Gasteiger charge is -2.21. The summed E-state index contributed by atoms with van der Waals surface area (Å²) < 4.78 is 0. The third-order valence-electron chi connectivity index (χ3n) is 3.18. The van der Waals surface area contributed by atoms with Crippen molar-refractivity contribution >= 4 is 40.7 Å². The number of carbonyl (C=O) groups excluding carboxylic acids is 2. The molecule has 1 N–H and O–H groups in total. The highest BCUT2D eigenvalue weighted by Gasteiger charge is 2.12. The van der Waals surface area contributed by atoms with Crippen LogP contribution in [0.25, 0.3) is 0 Å². The fourth-order valence-electron chi connectivity index (χ4n) is 1.93. The first kappa shape index (κ1) is 18.8. The molecule has 0 radical (unpaired) electrons. The summed E-state index contributed by atoms with van der Waals surface area (Å²) in [4.78, 5) is 25.2. The molecule has 0 aliphatic carbocycles. The molecule has 122 valence electrons. The van der Waals surface area contributed by atoms with Gasteiger partial charge in [-0.2, -0.15) is 0 Å². The van der Waals surface area contributed by atoms with E-state index < -0.39 is 0 Å². The number of anilines is 1. The fourth-order valence-corrected chi connectivity index (χ4v) is 2.45. The highest BCUT2D eigenvalue weighted by Crippen LogP contribution is 2.22. The molecule has 2 amide bonds. The molecule has 1 rings (SSSR count). The van der Waals surface area contributed by atoms with Gasteiger partial charge < -0.3 is 10.2 Å². The predicted octanol–water partition coefficient (Wildman–Crippen LogP) is 4.22. The number of nitrogens with zero attached hydrogens (tertiary/aromatic N) is 1. The van der Waals surface area contributed by atoms with Crippen molar-refractivity contribution in [1.82, 2.24) is 4.90 Å². The highest BCUT2D eigenvalue weighted by molar-refractivity contribution is 6.35. The van der Waals surface area contributed by atoms with E-state index in [1.54, 1.807) is 23.1 Å². The van der Waals surface area contributed by atoms with Gasteiger partial charge in [0.2, 0.25) is 11.8 Å². The van der Waals surface area contributed by atoms with Gasteiger partial charge in [-0.3, -0.25) is 9.59 Å². The molecule has 0 spiro atoms. The number of hydrogen-bond donors (Lipinski definition) is 1. The summed E-state index contributed by atoms with van der Waals surface area (Å²) in [5.74, 6) is 0.331. The Hall–Kier alpha value is -1.26. The number of nitrogens with one attached hydrogen (secondary N) is 1. The Kier molecular flexibility index (Phi) is 7.69. The summed E-state index contributed by atoms with van der Waals surface area (Å²) >= 11 is 11.8. The molecule has 0 saturated carbocycles. The Morgan fingerprint density at radius 1 is 1.14 bits per heavy atom. The summed E-state index contributed by atoms with van der Waals surface area (Å²) in [6.07, 6.45) is 1.16. The van der Waals surface area contributed by atoms with Crippen LogP contribution in [0.4, 0.5) is 5.69 Å². The zero-order valence-corrected chi connectivity index (χ0v) is 14.7. The average molecular weight is 345 g/mol. The third-order valence-corrected chi connectivity index (χ3v) is 3.61. The minimum Gasteiger partial charge on any atom is -0.342 e. The van der Waals surface area contributed by atoms with Crippen molar-refractivity contribution in [2.24, 2.45) is 5.92 Å². The Morgan fingerprint density at radius 3 is 2.23 bits per heavy atom. The molecule has 0 bridgehead atoms. The van der Waals surface area contributed by atoms with E-state index in [-0.39, 0.29) is 18.2 Å². The minimum absolute atomic E-state index is 0.0146. The molecule has 0 saturated heterocycles. The van der Waals surface area contributed by atoms with E-state index in [9.17, 15) is 9.59 Å². The van der Waals surface area contributed by atoms with Crippen LogP contribution in [0.3, 0.4) is 0 Å². The summed E-state index contributed by atoms with van der Waals surface area (Å²) in [5, 5.41) is 3.66. The quantitative estimate of drug-likeness (QED) is 0.804. The molecule has 0 aliphatic rings. The van der Waals surface area contributed by atoms with Gasteiger partial charge in [0.15, 0.2) is 0 Å². The van der Waals surface area contributed by atoms with E-state index in [1.165, 1.54) is 6.92 Å². The molecule has 1 aromatic carbocycles. The Balaban J connectivity index is 2.51. The first-order valence-corrected chi connectivity index (χ1v) is 8.05. The maximum Gasteiger partial charge on any atom is 0.226 e. The molecular formula is C16H22Cl2N2O2. The van der Waals surface area contributed by atoms with Crippen LogP contribution in [-0.2, 0) is 9.59 Å². The molecular weight excluding hydrogens is 323 g/mol. The Morgan fingerprint density at radius 2 is 1.73 bits per heavy atom. The van der Waals surface area contributed by atoms with Gasteiger partial charge in [-0.15, -0.1) is 0 Å². The van der Waals surface area contributed by atoms with Gasteiger partial charge in [-0.25, -0.2) is 0 Å². The van der Waals surface area contributed by atoms with Gasteiger partial charge in [-0.05, 0) is 30.5 Å². The number of halogens is 2. The lowest BCUT2D eigenvalue weighted by atomic mass is 10.1. The van der Waals surface area contributed by atoms with Gasteiger partial charge in [0.25, 0.3) is 0 Å². The first-order valence-electron chi connectivity index (χ1n) is 7.29. The standard InChI is InChI=1S/C16H22Cl2N2O2/c1-11(2)4-6-20(12(3)21)7-5-16(22)19-15-9-13(17)8-14(18)10-15/h8-11H,4-7H2,1-3H3,(H,19,22). The van der Waals surface area contributed by atoms with Crippen LogP contribution in [-0.4, -0.2) is 29.8 Å². The van der Waals surface area contributed by atoms with Crippen LogP contribution >= 0.6 is 23.2 Å². The fraction of sp³-hybridized carbons (Fsp3) is 0.500. The molecule has 0 heterocycles. The van der Waals surface area contributed by atoms with E-state index in [0.717, 1.165) is 6.42 Å². The van der Waals surface area contributed by atoms with Gasteiger partial charge in [0.05, 0.1) is 0 Å². The van der Waals surface area contributed by atoms with Crippen molar-refractivity contribution in [1.29, 1.82) is 0 Å². The lowest BCUT2D eigenvalue weighted by Crippen LogP contribution is -2.33. The van der Waals surface area contributed by atoms with Gasteiger partial charge in [-0.1, -0.05) is 37.0 Å². The van der Waals surface area contributed by atoms with Crippen LogP contribution in [0.1, 0.15) is 33.6 Å². The van der Waals surface area contributed by atoms with Crippen molar-refractivity contribution in [2.75, 3.05) is 18.4 Å². The molecule has 0 unspecified atom stereocenters. The molecule has 0 atom stereocenters. The number of hydrogen-bond acceptors (Lipinski definition) is 2. The van der Waals surface area contributed by atoms with Crippen molar-refractivity contribution in [2.45, 2.75) is 33.6 Å². The van der Waals surface area contributed by atoms with Crippen LogP contribution in [0.15, 0.2) is 18.2 Å². The van der Waals surface area contributed by atoms with Crippen molar-refractivity contribution in [3.8, 4) is 0 Å². The maximum absolute atomic E-state index is 12.0. The van der Waals surface area contributed by atoms with Gasteiger partial charge in [0.1, 0.15) is 0 Å². The summed E-state index contributed by atoms with van der Waals surface area (Å²) in [6, 6.07) is 4.86.